The van der Waals surface area contributed by atoms with Gasteiger partial charge in [0.25, 0.3) is 0 Å². The Morgan fingerprint density at radius 2 is 2.37 bits per heavy atom. The van der Waals surface area contributed by atoms with Crippen LogP contribution in [0.4, 0.5) is 14.9 Å². The Labute approximate surface area is 110 Å². The Morgan fingerprint density at radius 3 is 2.95 bits per heavy atom. The third-order valence-electron chi connectivity index (χ3n) is 3.21. The Bertz CT molecular complexity index is 506. The lowest BCUT2D eigenvalue weighted by atomic mass is 9.99. The maximum Gasteiger partial charge on any atom is 0.414 e. The highest BCUT2D eigenvalue weighted by Crippen LogP contribution is 2.26. The Morgan fingerprint density at radius 1 is 1.63 bits per heavy atom. The Kier molecular flexibility index (Phi) is 3.69. The summed E-state index contributed by atoms with van der Waals surface area (Å²) in [5.74, 6) is -1.46. The number of anilines is 1. The third-order valence-corrected chi connectivity index (χ3v) is 3.21. The van der Waals surface area contributed by atoms with Gasteiger partial charge in [-0.15, -0.1) is 0 Å². The zero-order valence-corrected chi connectivity index (χ0v) is 10.5. The summed E-state index contributed by atoms with van der Waals surface area (Å²) in [5, 5.41) is 0. The minimum atomic E-state index is -0.588. The highest BCUT2D eigenvalue weighted by atomic mass is 19.1. The van der Waals surface area contributed by atoms with Crippen molar-refractivity contribution in [2.24, 2.45) is 11.7 Å². The summed E-state index contributed by atoms with van der Waals surface area (Å²) in [5.41, 5.74) is 5.68. The summed E-state index contributed by atoms with van der Waals surface area (Å²) in [6.45, 7) is 2.00. The molecule has 0 aliphatic carbocycles. The van der Waals surface area contributed by atoms with Gasteiger partial charge in [-0.3, -0.25) is 9.69 Å². The van der Waals surface area contributed by atoms with E-state index < -0.39 is 29.8 Å². The predicted octanol–water partition coefficient (Wildman–Crippen LogP) is 1.66. The smallest absolute Gasteiger partial charge is 0.414 e. The molecule has 19 heavy (non-hydrogen) atoms. The number of amides is 2. The van der Waals surface area contributed by atoms with E-state index in [0.29, 0.717) is 12.1 Å². The van der Waals surface area contributed by atoms with Gasteiger partial charge in [0.05, 0.1) is 18.2 Å². The fraction of sp³-hybridized carbons (Fsp3) is 0.385. The molecule has 0 aromatic heterocycles. The van der Waals surface area contributed by atoms with Gasteiger partial charge in [0.15, 0.2) is 0 Å². The standard InChI is InChI=1S/C13H15FN2O3/c1-2-10(12(15)17)11-7-16(13(18)19-11)9-5-3-4-8(14)6-9/h3-6,10-11H,2,7H2,1H3,(H2,15,17). The number of carbonyl (C=O) groups is 2. The van der Waals surface area contributed by atoms with E-state index in [0.717, 1.165) is 0 Å². The van der Waals surface area contributed by atoms with Crippen molar-refractivity contribution >= 4 is 17.7 Å². The van der Waals surface area contributed by atoms with Crippen LogP contribution in [0.15, 0.2) is 24.3 Å². The van der Waals surface area contributed by atoms with Crippen LogP contribution in [0.2, 0.25) is 0 Å². The molecule has 1 aliphatic heterocycles. The monoisotopic (exact) mass is 266 g/mol. The van der Waals surface area contributed by atoms with Crippen molar-refractivity contribution in [3.63, 3.8) is 0 Å². The van der Waals surface area contributed by atoms with Crippen LogP contribution in [0.1, 0.15) is 13.3 Å². The molecule has 2 unspecified atom stereocenters. The van der Waals surface area contributed by atoms with E-state index in [-0.39, 0.29) is 6.54 Å². The fourth-order valence-electron chi connectivity index (χ4n) is 2.20. The van der Waals surface area contributed by atoms with Gasteiger partial charge in [0.2, 0.25) is 5.91 Å². The number of hydrogen-bond donors (Lipinski definition) is 1. The van der Waals surface area contributed by atoms with Crippen LogP contribution in [0, 0.1) is 11.7 Å². The molecular weight excluding hydrogens is 251 g/mol. The summed E-state index contributed by atoms with van der Waals surface area (Å²) in [6.07, 6.45) is -0.682. The molecule has 5 nitrogen and oxygen atoms in total. The third kappa shape index (κ3) is 2.67. The average molecular weight is 266 g/mol. The van der Waals surface area contributed by atoms with Crippen LogP contribution in [0.3, 0.4) is 0 Å². The molecular formula is C13H15FN2O3. The summed E-state index contributed by atoms with van der Waals surface area (Å²) < 4.78 is 18.3. The van der Waals surface area contributed by atoms with Crippen LogP contribution in [0.5, 0.6) is 0 Å². The van der Waals surface area contributed by atoms with E-state index in [2.05, 4.69) is 0 Å². The molecule has 1 saturated heterocycles. The molecule has 6 heteroatoms. The number of benzene rings is 1. The number of primary amides is 1. The molecule has 1 heterocycles. The van der Waals surface area contributed by atoms with Crippen LogP contribution >= 0.6 is 0 Å². The van der Waals surface area contributed by atoms with Crippen molar-refractivity contribution < 1.29 is 18.7 Å². The number of rotatable bonds is 4. The second kappa shape index (κ2) is 5.26. The topological polar surface area (TPSA) is 72.6 Å². The molecule has 102 valence electrons. The molecule has 2 N–H and O–H groups in total. The first-order valence-corrected chi connectivity index (χ1v) is 6.06. The SMILES string of the molecule is CCC(C(N)=O)C1CN(c2cccc(F)c2)C(=O)O1. The number of ether oxygens (including phenoxy) is 1. The molecule has 0 radical (unpaired) electrons. The lowest BCUT2D eigenvalue weighted by Gasteiger charge is -2.17. The second-order valence-electron chi connectivity index (χ2n) is 4.43. The first-order valence-electron chi connectivity index (χ1n) is 6.06. The van der Waals surface area contributed by atoms with E-state index in [9.17, 15) is 14.0 Å². The molecule has 2 amide bonds. The maximum absolute atomic E-state index is 13.1. The minimum absolute atomic E-state index is 0.198. The van der Waals surface area contributed by atoms with Crippen molar-refractivity contribution in [1.82, 2.24) is 0 Å². The molecule has 1 aromatic rings. The number of halogens is 1. The van der Waals surface area contributed by atoms with E-state index in [1.165, 1.54) is 23.1 Å². The van der Waals surface area contributed by atoms with Crippen molar-refractivity contribution in [3.05, 3.63) is 30.1 Å². The lowest BCUT2D eigenvalue weighted by molar-refractivity contribution is -0.124. The van der Waals surface area contributed by atoms with Crippen LogP contribution in [0.25, 0.3) is 0 Å². The predicted molar refractivity (Wildman–Crippen MR) is 67.0 cm³/mol. The van der Waals surface area contributed by atoms with Crippen LogP contribution in [-0.4, -0.2) is 24.6 Å². The number of cyclic esters (lactones) is 1. The highest BCUT2D eigenvalue weighted by molar-refractivity contribution is 5.90. The van der Waals surface area contributed by atoms with Crippen molar-refractivity contribution in [2.45, 2.75) is 19.4 Å². The van der Waals surface area contributed by atoms with Gasteiger partial charge in [-0.2, -0.15) is 0 Å². The highest BCUT2D eigenvalue weighted by Gasteiger charge is 2.39. The van der Waals surface area contributed by atoms with Gasteiger partial charge in [0.1, 0.15) is 11.9 Å². The molecule has 0 bridgehead atoms. The summed E-state index contributed by atoms with van der Waals surface area (Å²) in [6, 6.07) is 5.66. The Hall–Kier alpha value is -2.11. The molecule has 0 saturated carbocycles. The number of hydrogen-bond acceptors (Lipinski definition) is 3. The van der Waals surface area contributed by atoms with Crippen molar-refractivity contribution in [3.8, 4) is 0 Å². The summed E-state index contributed by atoms with van der Waals surface area (Å²) in [4.78, 5) is 24.3. The van der Waals surface area contributed by atoms with Gasteiger partial charge >= 0.3 is 6.09 Å². The maximum atomic E-state index is 13.1. The van der Waals surface area contributed by atoms with Gasteiger partial charge in [-0.05, 0) is 24.6 Å². The summed E-state index contributed by atoms with van der Waals surface area (Å²) in [7, 11) is 0. The molecule has 2 atom stereocenters. The number of nitrogens with zero attached hydrogens (tertiary/aromatic N) is 1. The van der Waals surface area contributed by atoms with Gasteiger partial charge in [-0.1, -0.05) is 13.0 Å². The van der Waals surface area contributed by atoms with Crippen molar-refractivity contribution in [1.29, 1.82) is 0 Å². The average Bonchev–Trinajstić information content (AvgIpc) is 2.71. The van der Waals surface area contributed by atoms with E-state index in [4.69, 9.17) is 10.5 Å². The molecule has 1 aromatic carbocycles. The first-order chi connectivity index (χ1) is 9.02. The second-order valence-corrected chi connectivity index (χ2v) is 4.43. The normalized spacial score (nSPS) is 20.2. The molecule has 2 rings (SSSR count). The van der Waals surface area contributed by atoms with Gasteiger partial charge in [0, 0.05) is 0 Å². The van der Waals surface area contributed by atoms with E-state index in [1.54, 1.807) is 13.0 Å². The van der Waals surface area contributed by atoms with E-state index >= 15 is 0 Å². The first kappa shape index (κ1) is 13.3. The van der Waals surface area contributed by atoms with Crippen molar-refractivity contribution in [2.75, 3.05) is 11.4 Å². The fourth-order valence-corrected chi connectivity index (χ4v) is 2.20. The molecule has 1 aliphatic rings. The van der Waals surface area contributed by atoms with E-state index in [1.807, 2.05) is 0 Å². The van der Waals surface area contributed by atoms with Crippen LogP contribution in [-0.2, 0) is 9.53 Å². The summed E-state index contributed by atoms with van der Waals surface area (Å²) >= 11 is 0. The van der Waals surface area contributed by atoms with Crippen LogP contribution < -0.4 is 10.6 Å². The molecule has 0 spiro atoms. The lowest BCUT2D eigenvalue weighted by Crippen LogP contribution is -2.35. The zero-order chi connectivity index (χ0) is 14.0. The quantitative estimate of drug-likeness (QED) is 0.900. The zero-order valence-electron chi connectivity index (χ0n) is 10.5. The number of nitrogens with two attached hydrogens (primary N) is 1. The largest absolute Gasteiger partial charge is 0.443 e. The van der Waals surface area contributed by atoms with Gasteiger partial charge in [-0.25, -0.2) is 9.18 Å². The van der Waals surface area contributed by atoms with Gasteiger partial charge < -0.3 is 10.5 Å². The minimum Gasteiger partial charge on any atom is -0.443 e. The Balaban J connectivity index is 2.18. The number of carbonyl (C=O) groups excluding carboxylic acids is 2. The molecule has 1 fully saturated rings.